The molecule has 0 aromatic heterocycles. The Kier molecular flexibility index (Phi) is 6.65. The fourth-order valence-electron chi connectivity index (χ4n) is 3.10. The molecular formula is C23H22N2O6S. The molecule has 0 saturated carbocycles. The lowest BCUT2D eigenvalue weighted by Crippen LogP contribution is -2.36. The fraction of sp³-hybridized carbons (Fsp3) is 0.261. The average molecular weight is 455 g/mol. The number of carbonyl (C=O) groups is 3. The van der Waals surface area contributed by atoms with E-state index in [1.54, 1.807) is 24.3 Å². The van der Waals surface area contributed by atoms with Crippen molar-refractivity contribution in [3.05, 3.63) is 52.9 Å². The van der Waals surface area contributed by atoms with Crippen LogP contribution < -0.4 is 19.5 Å². The fourth-order valence-corrected chi connectivity index (χ4v) is 3.94. The smallest absolute Gasteiger partial charge is 0.294 e. The molecule has 1 fully saturated rings. The first-order valence-electron chi connectivity index (χ1n) is 10.2. The van der Waals surface area contributed by atoms with Gasteiger partial charge in [-0.2, -0.15) is 0 Å². The number of anilines is 1. The number of thioether (sulfide) groups is 1. The summed E-state index contributed by atoms with van der Waals surface area (Å²) < 4.78 is 16.1. The van der Waals surface area contributed by atoms with Crippen LogP contribution in [-0.2, 0) is 9.59 Å². The highest BCUT2D eigenvalue weighted by Gasteiger charge is 2.36. The number of hydrogen-bond acceptors (Lipinski definition) is 7. The molecule has 166 valence electrons. The number of amides is 3. The summed E-state index contributed by atoms with van der Waals surface area (Å²) in [5.74, 6) is 0.896. The number of carbonyl (C=O) groups excluding carboxylic acids is 3. The maximum Gasteiger partial charge on any atom is 0.294 e. The molecule has 0 spiro atoms. The molecule has 4 rings (SSSR count). The van der Waals surface area contributed by atoms with E-state index in [0.29, 0.717) is 23.8 Å². The van der Waals surface area contributed by atoms with E-state index in [0.717, 1.165) is 40.8 Å². The van der Waals surface area contributed by atoms with E-state index >= 15 is 0 Å². The van der Waals surface area contributed by atoms with E-state index in [2.05, 4.69) is 12.2 Å². The summed E-state index contributed by atoms with van der Waals surface area (Å²) in [6.45, 7) is 2.51. The molecule has 32 heavy (non-hydrogen) atoms. The van der Waals surface area contributed by atoms with E-state index in [1.807, 2.05) is 24.3 Å². The molecule has 2 aliphatic rings. The van der Waals surface area contributed by atoms with Crippen molar-refractivity contribution in [1.82, 2.24) is 4.90 Å². The van der Waals surface area contributed by atoms with Gasteiger partial charge in [-0.05, 0) is 54.1 Å². The topological polar surface area (TPSA) is 94.2 Å². The second kappa shape index (κ2) is 9.78. The molecule has 0 aliphatic carbocycles. The summed E-state index contributed by atoms with van der Waals surface area (Å²) in [4.78, 5) is 38.6. The third-order valence-electron chi connectivity index (χ3n) is 4.78. The van der Waals surface area contributed by atoms with Gasteiger partial charge in [0.25, 0.3) is 11.1 Å². The normalized spacial score (nSPS) is 16.0. The number of fused-ring (bicyclic) bond motifs is 1. The molecule has 0 radical (unpaired) electrons. The first-order valence-corrected chi connectivity index (χ1v) is 11.0. The molecule has 2 aromatic rings. The summed E-state index contributed by atoms with van der Waals surface area (Å²) in [5.41, 5.74) is 1.26. The molecule has 8 nitrogen and oxygen atoms in total. The first kappa shape index (κ1) is 21.8. The minimum atomic E-state index is -0.496. The summed E-state index contributed by atoms with van der Waals surface area (Å²) in [7, 11) is 0. The number of unbranched alkanes of at least 4 members (excludes halogenated alkanes) is 1. The summed E-state index contributed by atoms with van der Waals surface area (Å²) in [6.07, 6.45) is 3.68. The quantitative estimate of drug-likeness (QED) is 0.470. The zero-order valence-corrected chi connectivity index (χ0v) is 18.3. The van der Waals surface area contributed by atoms with Gasteiger partial charge >= 0.3 is 0 Å². The summed E-state index contributed by atoms with van der Waals surface area (Å²) >= 11 is 0.813. The Morgan fingerprint density at radius 3 is 2.72 bits per heavy atom. The largest absolute Gasteiger partial charge is 0.494 e. The molecule has 2 aliphatic heterocycles. The van der Waals surface area contributed by atoms with E-state index in [9.17, 15) is 14.4 Å². The van der Waals surface area contributed by atoms with Crippen molar-refractivity contribution < 1.29 is 28.6 Å². The lowest BCUT2D eigenvalue weighted by Gasteiger charge is -2.12. The SMILES string of the molecule is CCCCOc1ccc(/C=C2\SC(=O)N(CC(=O)Nc3ccc4c(c3)OCO4)C2=O)cc1. The van der Waals surface area contributed by atoms with Gasteiger partial charge in [-0.3, -0.25) is 19.3 Å². The van der Waals surface area contributed by atoms with Crippen molar-refractivity contribution in [2.24, 2.45) is 0 Å². The number of hydrogen-bond donors (Lipinski definition) is 1. The molecule has 0 atom stereocenters. The molecule has 1 saturated heterocycles. The Balaban J connectivity index is 1.36. The molecule has 3 amide bonds. The number of imide groups is 1. The molecule has 9 heteroatoms. The van der Waals surface area contributed by atoms with Crippen LogP contribution in [0.5, 0.6) is 17.2 Å². The van der Waals surface area contributed by atoms with Crippen LogP contribution in [0, 0.1) is 0 Å². The molecular weight excluding hydrogens is 432 g/mol. The summed E-state index contributed by atoms with van der Waals surface area (Å²) in [6, 6.07) is 12.3. The minimum absolute atomic E-state index is 0.129. The Morgan fingerprint density at radius 1 is 1.16 bits per heavy atom. The lowest BCUT2D eigenvalue weighted by molar-refractivity contribution is -0.127. The van der Waals surface area contributed by atoms with Crippen molar-refractivity contribution in [2.45, 2.75) is 19.8 Å². The van der Waals surface area contributed by atoms with Gasteiger partial charge < -0.3 is 19.5 Å². The highest BCUT2D eigenvalue weighted by Crippen LogP contribution is 2.35. The standard InChI is InChI=1S/C23H22N2O6S/c1-2-3-10-29-17-7-4-15(5-8-17)11-20-22(27)25(23(28)32-20)13-21(26)24-16-6-9-18-19(12-16)31-14-30-18/h4-9,11-12H,2-3,10,13-14H2,1H3,(H,24,26)/b20-11-. The lowest BCUT2D eigenvalue weighted by atomic mass is 10.2. The van der Waals surface area contributed by atoms with E-state index in [-0.39, 0.29) is 18.2 Å². The number of benzene rings is 2. The van der Waals surface area contributed by atoms with Crippen LogP contribution in [0.25, 0.3) is 6.08 Å². The van der Waals surface area contributed by atoms with Crippen LogP contribution in [0.4, 0.5) is 10.5 Å². The third kappa shape index (κ3) is 5.05. The number of ether oxygens (including phenoxy) is 3. The monoisotopic (exact) mass is 454 g/mol. The Labute approximate surface area is 189 Å². The van der Waals surface area contributed by atoms with Crippen LogP contribution in [0.15, 0.2) is 47.4 Å². The minimum Gasteiger partial charge on any atom is -0.494 e. The van der Waals surface area contributed by atoms with Crippen LogP contribution in [-0.4, -0.2) is 41.9 Å². The Hall–Kier alpha value is -3.46. The highest BCUT2D eigenvalue weighted by atomic mass is 32.2. The number of rotatable bonds is 8. The van der Waals surface area contributed by atoms with Gasteiger partial charge in [0.1, 0.15) is 12.3 Å². The van der Waals surface area contributed by atoms with E-state index in [1.165, 1.54) is 0 Å². The Morgan fingerprint density at radius 2 is 1.94 bits per heavy atom. The van der Waals surface area contributed by atoms with Crippen molar-refractivity contribution in [3.8, 4) is 17.2 Å². The van der Waals surface area contributed by atoms with Gasteiger partial charge in [0.2, 0.25) is 12.7 Å². The zero-order valence-electron chi connectivity index (χ0n) is 17.5. The zero-order chi connectivity index (χ0) is 22.5. The predicted molar refractivity (Wildman–Crippen MR) is 121 cm³/mol. The van der Waals surface area contributed by atoms with Crippen molar-refractivity contribution >= 4 is 40.6 Å². The third-order valence-corrected chi connectivity index (χ3v) is 5.68. The van der Waals surface area contributed by atoms with Crippen LogP contribution >= 0.6 is 11.8 Å². The maximum absolute atomic E-state index is 12.7. The average Bonchev–Trinajstić information content (AvgIpc) is 3.35. The molecule has 0 bridgehead atoms. The molecule has 0 unspecified atom stereocenters. The molecule has 1 N–H and O–H groups in total. The van der Waals surface area contributed by atoms with Crippen LogP contribution in [0.1, 0.15) is 25.3 Å². The molecule has 2 aromatic carbocycles. The first-order chi connectivity index (χ1) is 15.5. The predicted octanol–water partition coefficient (Wildman–Crippen LogP) is 4.27. The van der Waals surface area contributed by atoms with Crippen LogP contribution in [0.2, 0.25) is 0 Å². The second-order valence-corrected chi connectivity index (χ2v) is 8.15. The second-order valence-electron chi connectivity index (χ2n) is 7.16. The van der Waals surface area contributed by atoms with Gasteiger partial charge in [0, 0.05) is 11.8 Å². The summed E-state index contributed by atoms with van der Waals surface area (Å²) in [5, 5.41) is 2.18. The van der Waals surface area contributed by atoms with E-state index in [4.69, 9.17) is 14.2 Å². The van der Waals surface area contributed by atoms with Gasteiger partial charge in [-0.25, -0.2) is 0 Å². The van der Waals surface area contributed by atoms with Crippen molar-refractivity contribution in [1.29, 1.82) is 0 Å². The van der Waals surface area contributed by atoms with Gasteiger partial charge in [0.05, 0.1) is 11.5 Å². The van der Waals surface area contributed by atoms with Crippen molar-refractivity contribution in [3.63, 3.8) is 0 Å². The maximum atomic E-state index is 12.7. The van der Waals surface area contributed by atoms with Gasteiger partial charge in [0.15, 0.2) is 11.5 Å². The van der Waals surface area contributed by atoms with Crippen molar-refractivity contribution in [2.75, 3.05) is 25.3 Å². The van der Waals surface area contributed by atoms with Gasteiger partial charge in [-0.15, -0.1) is 0 Å². The number of nitrogens with zero attached hydrogens (tertiary/aromatic N) is 1. The highest BCUT2D eigenvalue weighted by molar-refractivity contribution is 8.18. The van der Waals surface area contributed by atoms with Gasteiger partial charge in [-0.1, -0.05) is 25.5 Å². The van der Waals surface area contributed by atoms with Crippen LogP contribution in [0.3, 0.4) is 0 Å². The molecule has 2 heterocycles. The number of nitrogens with one attached hydrogen (secondary N) is 1. The van der Waals surface area contributed by atoms with E-state index < -0.39 is 17.1 Å². The Bertz CT molecular complexity index is 1070.